The summed E-state index contributed by atoms with van der Waals surface area (Å²) in [5.74, 6) is 4.69. The molecule has 1 rings (SSSR count). The number of aryl methyl sites for hydroxylation is 1. The van der Waals surface area contributed by atoms with Gasteiger partial charge in [0.15, 0.2) is 0 Å². The Morgan fingerprint density at radius 3 is 3.09 bits per heavy atom. The van der Waals surface area contributed by atoms with E-state index in [1.165, 1.54) is 11.3 Å². The number of nitrogens with two attached hydrogens (primary N) is 1. The highest BCUT2D eigenvalue weighted by Crippen LogP contribution is 2.07. The van der Waals surface area contributed by atoms with Crippen LogP contribution in [0.15, 0.2) is 5.38 Å². The number of hydrogen-bond donors (Lipinski definition) is 2. The fourth-order valence-electron chi connectivity index (χ4n) is 0.705. The number of carbonyl (C=O) groups is 1. The largest absolute Gasteiger partial charge is 0.294 e. The summed E-state index contributed by atoms with van der Waals surface area (Å²) in [5.41, 5.74) is 2.82. The van der Waals surface area contributed by atoms with Crippen LogP contribution in [0, 0.1) is 6.92 Å². The summed E-state index contributed by atoms with van der Waals surface area (Å²) < 4.78 is 0. The van der Waals surface area contributed by atoms with Crippen LogP contribution in [0.2, 0.25) is 0 Å². The van der Waals surface area contributed by atoms with E-state index in [0.717, 1.165) is 10.7 Å². The molecule has 0 saturated heterocycles. The first-order chi connectivity index (χ1) is 5.22. The van der Waals surface area contributed by atoms with Crippen LogP contribution in [0.4, 0.5) is 0 Å². The molecule has 1 aromatic rings. The summed E-state index contributed by atoms with van der Waals surface area (Å²) in [4.78, 5) is 14.8. The van der Waals surface area contributed by atoms with Crippen molar-refractivity contribution in [2.75, 3.05) is 0 Å². The van der Waals surface area contributed by atoms with Gasteiger partial charge in [0.05, 0.1) is 17.1 Å². The molecule has 1 amide bonds. The lowest BCUT2D eigenvalue weighted by Crippen LogP contribution is -2.31. The Morgan fingerprint density at radius 2 is 2.64 bits per heavy atom. The Labute approximate surface area is 68.4 Å². The molecule has 3 N–H and O–H groups in total. The molecule has 0 saturated carbocycles. The Hall–Kier alpha value is -0.940. The summed E-state index contributed by atoms with van der Waals surface area (Å²) in [6.07, 6.45) is 0.265. The van der Waals surface area contributed by atoms with Crippen LogP contribution < -0.4 is 11.3 Å². The molecule has 0 bridgehead atoms. The number of amides is 1. The Morgan fingerprint density at radius 1 is 1.91 bits per heavy atom. The second kappa shape index (κ2) is 3.45. The van der Waals surface area contributed by atoms with E-state index in [2.05, 4.69) is 4.98 Å². The fraction of sp³-hybridized carbons (Fsp3) is 0.333. The van der Waals surface area contributed by atoms with Crippen molar-refractivity contribution < 1.29 is 4.79 Å². The molecule has 0 aromatic carbocycles. The van der Waals surface area contributed by atoms with E-state index in [9.17, 15) is 4.79 Å². The van der Waals surface area contributed by atoms with Crippen molar-refractivity contribution >= 4 is 17.2 Å². The van der Waals surface area contributed by atoms with Crippen LogP contribution in [0.5, 0.6) is 0 Å². The van der Waals surface area contributed by atoms with E-state index in [1.807, 2.05) is 17.7 Å². The molecule has 0 unspecified atom stereocenters. The monoisotopic (exact) mass is 171 g/mol. The van der Waals surface area contributed by atoms with Gasteiger partial charge in [0, 0.05) is 5.38 Å². The zero-order valence-corrected chi connectivity index (χ0v) is 6.94. The van der Waals surface area contributed by atoms with Crippen LogP contribution in [-0.4, -0.2) is 10.9 Å². The highest BCUT2D eigenvalue weighted by atomic mass is 32.1. The van der Waals surface area contributed by atoms with Gasteiger partial charge in [-0.25, -0.2) is 10.8 Å². The van der Waals surface area contributed by atoms with Crippen LogP contribution in [0.3, 0.4) is 0 Å². The zero-order chi connectivity index (χ0) is 8.27. The van der Waals surface area contributed by atoms with E-state index in [-0.39, 0.29) is 12.3 Å². The molecule has 0 aliphatic carbocycles. The van der Waals surface area contributed by atoms with E-state index in [4.69, 9.17) is 5.84 Å². The number of hydrazine groups is 1. The fourth-order valence-corrected chi connectivity index (χ4v) is 1.32. The SMILES string of the molecule is Cc1nc(CC(=O)NN)cs1. The smallest absolute Gasteiger partial charge is 0.239 e. The normalized spacial score (nSPS) is 9.64. The van der Waals surface area contributed by atoms with Gasteiger partial charge in [-0.15, -0.1) is 11.3 Å². The lowest BCUT2D eigenvalue weighted by atomic mass is 10.3. The second-order valence-electron chi connectivity index (χ2n) is 2.10. The Bertz CT molecular complexity index is 258. The van der Waals surface area contributed by atoms with Gasteiger partial charge in [-0.3, -0.25) is 10.2 Å². The zero-order valence-electron chi connectivity index (χ0n) is 6.13. The third kappa shape index (κ3) is 2.28. The summed E-state index contributed by atoms with van der Waals surface area (Å²) in [6.45, 7) is 1.90. The van der Waals surface area contributed by atoms with Gasteiger partial charge in [0.2, 0.25) is 5.91 Å². The summed E-state index contributed by atoms with van der Waals surface area (Å²) in [5, 5.41) is 2.81. The first kappa shape index (κ1) is 8.16. The number of rotatable bonds is 2. The number of hydrogen-bond acceptors (Lipinski definition) is 4. The van der Waals surface area contributed by atoms with Crippen molar-refractivity contribution in [1.29, 1.82) is 0 Å². The molecule has 11 heavy (non-hydrogen) atoms. The van der Waals surface area contributed by atoms with Crippen LogP contribution >= 0.6 is 11.3 Å². The predicted octanol–water partition coefficient (Wildman–Crippen LogP) is -0.0161. The van der Waals surface area contributed by atoms with Gasteiger partial charge in [0.1, 0.15) is 0 Å². The average molecular weight is 171 g/mol. The van der Waals surface area contributed by atoms with E-state index in [0.29, 0.717) is 0 Å². The van der Waals surface area contributed by atoms with E-state index >= 15 is 0 Å². The molecule has 1 heterocycles. The topological polar surface area (TPSA) is 68.0 Å². The molecule has 0 spiro atoms. The maximum Gasteiger partial charge on any atom is 0.239 e. The summed E-state index contributed by atoms with van der Waals surface area (Å²) >= 11 is 1.52. The molecule has 4 nitrogen and oxygen atoms in total. The molecule has 1 aromatic heterocycles. The van der Waals surface area contributed by atoms with Gasteiger partial charge in [-0.2, -0.15) is 0 Å². The van der Waals surface area contributed by atoms with E-state index < -0.39 is 0 Å². The van der Waals surface area contributed by atoms with Gasteiger partial charge in [0.25, 0.3) is 0 Å². The average Bonchev–Trinajstić information content (AvgIpc) is 2.35. The number of aromatic nitrogens is 1. The molecular weight excluding hydrogens is 162 g/mol. The van der Waals surface area contributed by atoms with Crippen molar-refractivity contribution in [2.24, 2.45) is 5.84 Å². The van der Waals surface area contributed by atoms with E-state index in [1.54, 1.807) is 0 Å². The lowest BCUT2D eigenvalue weighted by Gasteiger charge is -1.93. The Kier molecular flexibility index (Phi) is 2.56. The minimum Gasteiger partial charge on any atom is -0.294 e. The molecule has 0 fully saturated rings. The van der Waals surface area contributed by atoms with Crippen molar-refractivity contribution in [3.8, 4) is 0 Å². The third-order valence-corrected chi connectivity index (χ3v) is 1.99. The maximum atomic E-state index is 10.7. The lowest BCUT2D eigenvalue weighted by molar-refractivity contribution is -0.120. The van der Waals surface area contributed by atoms with Crippen LogP contribution in [0.25, 0.3) is 0 Å². The van der Waals surface area contributed by atoms with Gasteiger partial charge in [-0.05, 0) is 6.92 Å². The minimum absolute atomic E-state index is 0.213. The Balaban J connectivity index is 2.57. The minimum atomic E-state index is -0.213. The molecule has 0 aliphatic heterocycles. The van der Waals surface area contributed by atoms with Crippen LogP contribution in [-0.2, 0) is 11.2 Å². The quantitative estimate of drug-likeness (QED) is 0.373. The highest BCUT2D eigenvalue weighted by Gasteiger charge is 2.03. The van der Waals surface area contributed by atoms with Crippen molar-refractivity contribution in [1.82, 2.24) is 10.4 Å². The highest BCUT2D eigenvalue weighted by molar-refractivity contribution is 7.09. The molecule has 5 heteroatoms. The number of thiazole rings is 1. The first-order valence-electron chi connectivity index (χ1n) is 3.13. The molecule has 0 radical (unpaired) electrons. The van der Waals surface area contributed by atoms with Crippen LogP contribution in [0.1, 0.15) is 10.7 Å². The van der Waals surface area contributed by atoms with Crippen molar-refractivity contribution in [2.45, 2.75) is 13.3 Å². The van der Waals surface area contributed by atoms with Gasteiger partial charge >= 0.3 is 0 Å². The number of nitrogens with one attached hydrogen (secondary N) is 1. The first-order valence-corrected chi connectivity index (χ1v) is 4.01. The van der Waals surface area contributed by atoms with Crippen molar-refractivity contribution in [3.63, 3.8) is 0 Å². The molecule has 0 atom stereocenters. The second-order valence-corrected chi connectivity index (χ2v) is 3.16. The number of carbonyl (C=O) groups excluding carboxylic acids is 1. The van der Waals surface area contributed by atoms with Gasteiger partial charge in [-0.1, -0.05) is 0 Å². The predicted molar refractivity (Wildman–Crippen MR) is 42.9 cm³/mol. The summed E-state index contributed by atoms with van der Waals surface area (Å²) in [7, 11) is 0. The molecule has 0 aliphatic rings. The number of nitrogens with zero attached hydrogens (tertiary/aromatic N) is 1. The molecular formula is C6H9N3OS. The van der Waals surface area contributed by atoms with Crippen molar-refractivity contribution in [3.05, 3.63) is 16.1 Å². The summed E-state index contributed by atoms with van der Waals surface area (Å²) in [6, 6.07) is 0. The van der Waals surface area contributed by atoms with Gasteiger partial charge < -0.3 is 0 Å². The molecule has 60 valence electrons. The third-order valence-electron chi connectivity index (χ3n) is 1.17. The standard InChI is InChI=1S/C6H9N3OS/c1-4-8-5(3-11-4)2-6(10)9-7/h3H,2,7H2,1H3,(H,9,10). The maximum absolute atomic E-state index is 10.7.